The molecule has 3 nitrogen and oxygen atoms in total. The molecule has 0 unspecified atom stereocenters. The molecule has 94 valence electrons. The highest BCUT2D eigenvalue weighted by atomic mass is 19.1. The molecule has 1 aromatic carbocycles. The minimum Gasteiger partial charge on any atom is -0.352 e. The molecule has 1 amide bonds. The van der Waals surface area contributed by atoms with E-state index >= 15 is 0 Å². The number of amides is 1. The summed E-state index contributed by atoms with van der Waals surface area (Å²) in [7, 11) is 0. The monoisotopic (exact) mass is 238 g/mol. The van der Waals surface area contributed by atoms with Crippen LogP contribution in [0.2, 0.25) is 0 Å². The van der Waals surface area contributed by atoms with Crippen LogP contribution in [-0.4, -0.2) is 19.0 Å². The van der Waals surface area contributed by atoms with Crippen molar-refractivity contribution in [2.45, 2.75) is 26.2 Å². The van der Waals surface area contributed by atoms with Crippen molar-refractivity contribution in [1.29, 1.82) is 0 Å². The third kappa shape index (κ3) is 4.53. The van der Waals surface area contributed by atoms with Crippen molar-refractivity contribution in [2.24, 2.45) is 5.73 Å². The van der Waals surface area contributed by atoms with Gasteiger partial charge in [0, 0.05) is 6.54 Å². The second kappa shape index (κ2) is 7.01. The third-order valence-electron chi connectivity index (χ3n) is 2.54. The fourth-order valence-corrected chi connectivity index (χ4v) is 1.55. The number of carbonyl (C=O) groups is 1. The molecule has 0 aliphatic carbocycles. The molecule has 0 bridgehead atoms. The van der Waals surface area contributed by atoms with E-state index in [-0.39, 0.29) is 11.5 Å². The van der Waals surface area contributed by atoms with Crippen LogP contribution in [-0.2, 0) is 0 Å². The lowest BCUT2D eigenvalue weighted by atomic mass is 10.1. The quantitative estimate of drug-likeness (QED) is 0.745. The highest BCUT2D eigenvalue weighted by Crippen LogP contribution is 2.09. The standard InChI is InChI=1S/C13H19FN2O/c1-10-5-6-11(12(14)9-10)13(17)16-8-4-2-3-7-15/h5-6,9H,2-4,7-8,15H2,1H3,(H,16,17). The second-order valence-electron chi connectivity index (χ2n) is 4.09. The predicted octanol–water partition coefficient (Wildman–Crippen LogP) is 1.99. The lowest BCUT2D eigenvalue weighted by Gasteiger charge is -2.06. The summed E-state index contributed by atoms with van der Waals surface area (Å²) in [5.74, 6) is -0.820. The average Bonchev–Trinajstić information content (AvgIpc) is 2.28. The molecule has 17 heavy (non-hydrogen) atoms. The first kappa shape index (κ1) is 13.6. The zero-order valence-electron chi connectivity index (χ0n) is 10.1. The van der Waals surface area contributed by atoms with Crippen LogP contribution in [0, 0.1) is 12.7 Å². The molecule has 1 rings (SSSR count). The van der Waals surface area contributed by atoms with E-state index in [1.54, 1.807) is 13.0 Å². The van der Waals surface area contributed by atoms with E-state index in [1.807, 2.05) is 0 Å². The lowest BCUT2D eigenvalue weighted by Crippen LogP contribution is -2.25. The van der Waals surface area contributed by atoms with Crippen LogP contribution in [0.25, 0.3) is 0 Å². The van der Waals surface area contributed by atoms with Crippen LogP contribution in [0.4, 0.5) is 4.39 Å². The zero-order valence-corrected chi connectivity index (χ0v) is 10.1. The number of unbranched alkanes of at least 4 members (excludes halogenated alkanes) is 2. The average molecular weight is 238 g/mol. The van der Waals surface area contributed by atoms with Gasteiger partial charge < -0.3 is 11.1 Å². The maximum Gasteiger partial charge on any atom is 0.254 e. The first-order chi connectivity index (χ1) is 8.15. The SMILES string of the molecule is Cc1ccc(C(=O)NCCCCCN)c(F)c1. The first-order valence-corrected chi connectivity index (χ1v) is 5.89. The van der Waals surface area contributed by atoms with Crippen molar-refractivity contribution < 1.29 is 9.18 Å². The van der Waals surface area contributed by atoms with E-state index in [0.29, 0.717) is 13.1 Å². The Kier molecular flexibility index (Phi) is 5.63. The summed E-state index contributed by atoms with van der Waals surface area (Å²) in [4.78, 5) is 11.6. The van der Waals surface area contributed by atoms with Crippen molar-refractivity contribution in [3.8, 4) is 0 Å². The molecule has 0 aliphatic heterocycles. The number of benzene rings is 1. The predicted molar refractivity (Wildman–Crippen MR) is 66.4 cm³/mol. The van der Waals surface area contributed by atoms with Gasteiger partial charge in [0.25, 0.3) is 5.91 Å². The number of halogens is 1. The molecule has 0 radical (unpaired) electrons. The van der Waals surface area contributed by atoms with Crippen LogP contribution < -0.4 is 11.1 Å². The van der Waals surface area contributed by atoms with Crippen LogP contribution >= 0.6 is 0 Å². The summed E-state index contributed by atoms with van der Waals surface area (Å²) in [5, 5.41) is 2.70. The second-order valence-corrected chi connectivity index (χ2v) is 4.09. The maximum atomic E-state index is 13.5. The molecule has 4 heteroatoms. The van der Waals surface area contributed by atoms with Gasteiger partial charge in [-0.3, -0.25) is 4.79 Å². The molecule has 0 spiro atoms. The van der Waals surface area contributed by atoms with Crippen LogP contribution in [0.3, 0.4) is 0 Å². The molecular formula is C13H19FN2O. The summed E-state index contributed by atoms with van der Waals surface area (Å²) < 4.78 is 13.5. The number of aryl methyl sites for hydroxylation is 1. The van der Waals surface area contributed by atoms with Crippen LogP contribution in [0.15, 0.2) is 18.2 Å². The molecule has 0 saturated carbocycles. The van der Waals surface area contributed by atoms with E-state index < -0.39 is 5.82 Å². The van der Waals surface area contributed by atoms with E-state index in [9.17, 15) is 9.18 Å². The number of carbonyl (C=O) groups excluding carboxylic acids is 1. The Labute approximate surface area is 101 Å². The topological polar surface area (TPSA) is 55.1 Å². The number of hydrogen-bond donors (Lipinski definition) is 2. The van der Waals surface area contributed by atoms with E-state index in [1.165, 1.54) is 12.1 Å². The first-order valence-electron chi connectivity index (χ1n) is 5.89. The Morgan fingerprint density at radius 1 is 1.35 bits per heavy atom. The van der Waals surface area contributed by atoms with Gasteiger partial charge in [0.1, 0.15) is 5.82 Å². The van der Waals surface area contributed by atoms with Gasteiger partial charge in [0.2, 0.25) is 0 Å². The minimum atomic E-state index is -0.468. The summed E-state index contributed by atoms with van der Waals surface area (Å²) >= 11 is 0. The van der Waals surface area contributed by atoms with Gasteiger partial charge in [-0.15, -0.1) is 0 Å². The van der Waals surface area contributed by atoms with Gasteiger partial charge in [-0.2, -0.15) is 0 Å². The normalized spacial score (nSPS) is 10.3. The minimum absolute atomic E-state index is 0.106. The van der Waals surface area contributed by atoms with Crippen molar-refractivity contribution in [3.63, 3.8) is 0 Å². The maximum absolute atomic E-state index is 13.5. The summed E-state index contributed by atoms with van der Waals surface area (Å²) in [6.07, 6.45) is 2.80. The molecule has 0 heterocycles. The van der Waals surface area contributed by atoms with Crippen molar-refractivity contribution in [3.05, 3.63) is 35.1 Å². The molecular weight excluding hydrogens is 219 g/mol. The van der Waals surface area contributed by atoms with Gasteiger partial charge in [0.05, 0.1) is 5.56 Å². The van der Waals surface area contributed by atoms with Gasteiger partial charge in [-0.25, -0.2) is 4.39 Å². The van der Waals surface area contributed by atoms with Crippen molar-refractivity contribution in [1.82, 2.24) is 5.32 Å². The Hall–Kier alpha value is -1.42. The molecule has 0 aromatic heterocycles. The Morgan fingerprint density at radius 3 is 2.76 bits per heavy atom. The highest BCUT2D eigenvalue weighted by molar-refractivity contribution is 5.94. The number of rotatable bonds is 6. The summed E-state index contributed by atoms with van der Waals surface area (Å²) in [5.41, 5.74) is 6.27. The van der Waals surface area contributed by atoms with Crippen molar-refractivity contribution >= 4 is 5.91 Å². The number of hydrogen-bond acceptors (Lipinski definition) is 2. The molecule has 0 saturated heterocycles. The fraction of sp³-hybridized carbons (Fsp3) is 0.462. The Morgan fingerprint density at radius 2 is 2.12 bits per heavy atom. The van der Waals surface area contributed by atoms with Gasteiger partial charge >= 0.3 is 0 Å². The smallest absolute Gasteiger partial charge is 0.254 e. The lowest BCUT2D eigenvalue weighted by molar-refractivity contribution is 0.0949. The number of nitrogens with two attached hydrogens (primary N) is 1. The fourth-order valence-electron chi connectivity index (χ4n) is 1.55. The van der Waals surface area contributed by atoms with Gasteiger partial charge in [-0.1, -0.05) is 12.5 Å². The Bertz CT molecular complexity index is 380. The molecule has 3 N–H and O–H groups in total. The van der Waals surface area contributed by atoms with Crippen LogP contribution in [0.5, 0.6) is 0 Å². The molecule has 0 atom stereocenters. The number of nitrogens with one attached hydrogen (secondary N) is 1. The summed E-state index contributed by atoms with van der Waals surface area (Å²) in [6.45, 7) is 3.02. The van der Waals surface area contributed by atoms with Crippen molar-refractivity contribution in [2.75, 3.05) is 13.1 Å². The highest BCUT2D eigenvalue weighted by Gasteiger charge is 2.10. The van der Waals surface area contributed by atoms with E-state index in [2.05, 4.69) is 5.32 Å². The largest absolute Gasteiger partial charge is 0.352 e. The molecule has 1 aromatic rings. The van der Waals surface area contributed by atoms with Crippen LogP contribution in [0.1, 0.15) is 35.2 Å². The van der Waals surface area contributed by atoms with E-state index in [0.717, 1.165) is 24.8 Å². The van der Waals surface area contributed by atoms with Gasteiger partial charge in [0.15, 0.2) is 0 Å². The van der Waals surface area contributed by atoms with E-state index in [4.69, 9.17) is 5.73 Å². The Balaban J connectivity index is 2.42. The third-order valence-corrected chi connectivity index (χ3v) is 2.54. The molecule has 0 aliphatic rings. The summed E-state index contributed by atoms with van der Waals surface area (Å²) in [6, 6.07) is 4.61. The van der Waals surface area contributed by atoms with Gasteiger partial charge in [-0.05, 0) is 44.0 Å². The molecule has 0 fully saturated rings. The zero-order chi connectivity index (χ0) is 12.7.